The quantitative estimate of drug-likeness (QED) is 0.251. The summed E-state index contributed by atoms with van der Waals surface area (Å²) >= 11 is 0. The molecular formula is C30H26N2O5. The number of epoxide rings is 1. The van der Waals surface area contributed by atoms with Crippen molar-refractivity contribution in [1.82, 2.24) is 0 Å². The molecule has 0 saturated carbocycles. The number of nitrogens with one attached hydrogen (secondary N) is 2. The molecule has 4 aliphatic rings. The maximum atomic E-state index is 13.9. The van der Waals surface area contributed by atoms with Gasteiger partial charge in [-0.3, -0.25) is 9.59 Å². The molecule has 2 aromatic rings. The summed E-state index contributed by atoms with van der Waals surface area (Å²) in [7, 11) is 0. The predicted molar refractivity (Wildman–Crippen MR) is 139 cm³/mol. The number of anilines is 2. The molecule has 7 heteroatoms. The minimum absolute atomic E-state index is 0.0591. The lowest BCUT2D eigenvalue weighted by atomic mass is 9.67. The van der Waals surface area contributed by atoms with Crippen LogP contribution in [0.25, 0.3) is 0 Å². The largest absolute Gasteiger partial charge is 0.507 e. The Labute approximate surface area is 214 Å². The first-order valence-electron chi connectivity index (χ1n) is 12.4. The summed E-state index contributed by atoms with van der Waals surface area (Å²) < 4.78 is 6.42. The van der Waals surface area contributed by atoms with Crippen molar-refractivity contribution in [2.75, 3.05) is 10.6 Å². The van der Waals surface area contributed by atoms with Gasteiger partial charge in [-0.25, -0.2) is 0 Å². The first-order chi connectivity index (χ1) is 17.6. The summed E-state index contributed by atoms with van der Waals surface area (Å²) in [4.78, 5) is 27.6. The van der Waals surface area contributed by atoms with Gasteiger partial charge in [-0.2, -0.15) is 0 Å². The monoisotopic (exact) mass is 494 g/mol. The number of carbonyl (C=O) groups is 2. The van der Waals surface area contributed by atoms with E-state index in [1.807, 2.05) is 27.7 Å². The molecule has 37 heavy (non-hydrogen) atoms. The van der Waals surface area contributed by atoms with Crippen LogP contribution in [0.3, 0.4) is 0 Å². The van der Waals surface area contributed by atoms with E-state index < -0.39 is 34.9 Å². The van der Waals surface area contributed by atoms with Crippen molar-refractivity contribution in [3.8, 4) is 29.4 Å². The molecule has 1 saturated heterocycles. The Morgan fingerprint density at radius 3 is 2.41 bits per heavy atom. The number of rotatable bonds is 3. The summed E-state index contributed by atoms with van der Waals surface area (Å²) in [5.74, 6) is 10.5. The van der Waals surface area contributed by atoms with Gasteiger partial charge in [0.15, 0.2) is 23.3 Å². The predicted octanol–water partition coefficient (Wildman–Crippen LogP) is 3.34. The number of allylic oxidation sites excluding steroid dienone is 2. The molecule has 2 aromatic carbocycles. The van der Waals surface area contributed by atoms with Crippen molar-refractivity contribution < 1.29 is 24.5 Å². The molecular weight excluding hydrogens is 468 g/mol. The van der Waals surface area contributed by atoms with Crippen LogP contribution < -0.4 is 10.6 Å². The minimum Gasteiger partial charge on any atom is -0.507 e. The number of aromatic hydroxyl groups is 1. The summed E-state index contributed by atoms with van der Waals surface area (Å²) in [6.45, 7) is 7.89. The average molecular weight is 495 g/mol. The number of carbonyl (C=O) groups excluding carboxylic acids is 2. The van der Waals surface area contributed by atoms with E-state index in [-0.39, 0.29) is 40.0 Å². The zero-order chi connectivity index (χ0) is 26.3. The van der Waals surface area contributed by atoms with E-state index in [1.165, 1.54) is 6.07 Å². The van der Waals surface area contributed by atoms with Gasteiger partial charge in [-0.15, -0.1) is 0 Å². The zero-order valence-corrected chi connectivity index (χ0v) is 20.9. The Morgan fingerprint density at radius 1 is 1.00 bits per heavy atom. The van der Waals surface area contributed by atoms with E-state index in [2.05, 4.69) is 34.3 Å². The highest BCUT2D eigenvalue weighted by Gasteiger charge is 2.81. The van der Waals surface area contributed by atoms with Crippen molar-refractivity contribution in [3.63, 3.8) is 0 Å². The van der Waals surface area contributed by atoms with Crippen LogP contribution in [0.4, 0.5) is 11.4 Å². The third kappa shape index (κ3) is 2.93. The van der Waals surface area contributed by atoms with Crippen LogP contribution >= 0.6 is 0 Å². The Morgan fingerprint density at radius 2 is 1.70 bits per heavy atom. The lowest BCUT2D eigenvalue weighted by molar-refractivity contribution is 0.0975. The fourth-order valence-corrected chi connectivity index (χ4v) is 6.11. The second kappa shape index (κ2) is 7.73. The molecule has 2 aliphatic heterocycles. The maximum Gasteiger partial charge on any atom is 0.198 e. The molecule has 2 bridgehead atoms. The normalized spacial score (nSPS) is 28.8. The van der Waals surface area contributed by atoms with Gasteiger partial charge in [0.25, 0.3) is 0 Å². The SMILES string of the molecule is CC(C)Nc1ccc2c(c1)C(=O)c1c(O)cc3c(c1C2=O)N[C@H]1C#C/C=C\C#C[C@@H](O)[C@@]32O[C@@]12C(C)C. The van der Waals surface area contributed by atoms with Crippen LogP contribution in [0.2, 0.25) is 0 Å². The molecule has 2 aliphatic carbocycles. The van der Waals surface area contributed by atoms with Gasteiger partial charge in [0.2, 0.25) is 0 Å². The zero-order valence-electron chi connectivity index (χ0n) is 20.9. The standard InChI is InChI=1S/C30H26N2O5/c1-15(2)29-22-9-7-5-6-8-10-23(34)30(29,37-29)20-14-21(33)24-25(26(20)32-22)27(35)18-12-11-17(31-16(3)4)13-19(18)28(24)36/h5-6,11-16,22-23,31-34H,1-4H3/b6-5-/t22-,23+,29-,30-/m0/s1. The lowest BCUT2D eigenvalue weighted by Gasteiger charge is -2.38. The highest BCUT2D eigenvalue weighted by molar-refractivity contribution is 6.31. The summed E-state index contributed by atoms with van der Waals surface area (Å²) in [5.41, 5.74) is -0.388. The number of aliphatic hydroxyl groups excluding tert-OH is 1. The van der Waals surface area contributed by atoms with E-state index in [1.54, 1.807) is 30.4 Å². The Bertz CT molecular complexity index is 1560. The molecule has 0 unspecified atom stereocenters. The van der Waals surface area contributed by atoms with Gasteiger partial charge in [0, 0.05) is 28.4 Å². The molecule has 6 rings (SSSR count). The van der Waals surface area contributed by atoms with Crippen molar-refractivity contribution in [1.29, 1.82) is 0 Å². The fourth-order valence-electron chi connectivity index (χ4n) is 6.11. The molecule has 4 N–H and O–H groups in total. The van der Waals surface area contributed by atoms with E-state index >= 15 is 0 Å². The van der Waals surface area contributed by atoms with Crippen molar-refractivity contribution >= 4 is 22.9 Å². The van der Waals surface area contributed by atoms with Crippen molar-refractivity contribution in [3.05, 3.63) is 64.2 Å². The number of fused-ring (bicyclic) bond motifs is 4. The van der Waals surface area contributed by atoms with Crippen molar-refractivity contribution in [2.45, 2.75) is 57.1 Å². The second-order valence-electron chi connectivity index (χ2n) is 10.5. The average Bonchev–Trinajstić information content (AvgIpc) is 3.57. The number of benzene rings is 2. The Hall–Kier alpha value is -4.04. The second-order valence-corrected chi connectivity index (χ2v) is 10.5. The van der Waals surface area contributed by atoms with E-state index in [4.69, 9.17) is 4.74 Å². The first-order valence-corrected chi connectivity index (χ1v) is 12.4. The summed E-state index contributed by atoms with van der Waals surface area (Å²) in [6, 6.07) is 5.99. The van der Waals surface area contributed by atoms with Crippen LogP contribution in [-0.2, 0) is 10.3 Å². The molecule has 0 radical (unpaired) electrons. The third-order valence-corrected chi connectivity index (χ3v) is 7.65. The third-order valence-electron chi connectivity index (χ3n) is 7.65. The number of ether oxygens (including phenoxy) is 1. The molecule has 7 nitrogen and oxygen atoms in total. The molecule has 4 atom stereocenters. The van der Waals surface area contributed by atoms with Crippen molar-refractivity contribution in [2.24, 2.45) is 5.92 Å². The highest BCUT2D eigenvalue weighted by Crippen LogP contribution is 2.68. The number of aliphatic hydroxyl groups is 1. The topological polar surface area (TPSA) is 111 Å². The number of hydrogen-bond acceptors (Lipinski definition) is 7. The van der Waals surface area contributed by atoms with E-state index in [0.29, 0.717) is 16.9 Å². The molecule has 0 aromatic heterocycles. The number of phenolic OH excluding ortho intramolecular Hbond substituents is 1. The Kier molecular flexibility index (Phi) is 4.88. The summed E-state index contributed by atoms with van der Waals surface area (Å²) in [6.07, 6.45) is 1.90. The van der Waals surface area contributed by atoms with Crippen LogP contribution in [0, 0.1) is 29.6 Å². The van der Waals surface area contributed by atoms with Crippen LogP contribution in [-0.4, -0.2) is 45.6 Å². The first kappa shape index (κ1) is 23.4. The molecule has 186 valence electrons. The number of hydrogen-bond donors (Lipinski definition) is 4. The van der Waals surface area contributed by atoms with E-state index in [0.717, 1.165) is 0 Å². The number of ketones is 2. The molecule has 0 spiro atoms. The smallest absolute Gasteiger partial charge is 0.198 e. The number of phenols is 1. The Balaban J connectivity index is 1.60. The van der Waals surface area contributed by atoms with Gasteiger partial charge in [-0.05, 0) is 56.2 Å². The maximum absolute atomic E-state index is 13.9. The van der Waals surface area contributed by atoms with Crippen LogP contribution in [0.1, 0.15) is 65.1 Å². The molecule has 2 heterocycles. The lowest BCUT2D eigenvalue weighted by Crippen LogP contribution is -2.52. The van der Waals surface area contributed by atoms with Gasteiger partial charge in [0.05, 0.1) is 16.8 Å². The molecule has 0 amide bonds. The van der Waals surface area contributed by atoms with Gasteiger partial charge in [-0.1, -0.05) is 37.5 Å². The minimum atomic E-state index is -1.33. The fraction of sp³-hybridized carbons (Fsp3) is 0.333. The van der Waals surface area contributed by atoms with Gasteiger partial charge in [0.1, 0.15) is 17.4 Å². The molecule has 1 fully saturated rings. The van der Waals surface area contributed by atoms with Gasteiger partial charge >= 0.3 is 0 Å². The van der Waals surface area contributed by atoms with Gasteiger partial charge < -0.3 is 25.6 Å². The summed E-state index contributed by atoms with van der Waals surface area (Å²) in [5, 5.41) is 29.1. The van der Waals surface area contributed by atoms with Crippen LogP contribution in [0.15, 0.2) is 36.4 Å². The highest BCUT2D eigenvalue weighted by atomic mass is 16.6. The van der Waals surface area contributed by atoms with E-state index in [9.17, 15) is 19.8 Å². The van der Waals surface area contributed by atoms with Crippen LogP contribution in [0.5, 0.6) is 5.75 Å².